The van der Waals surface area contributed by atoms with Crippen LogP contribution in [0.2, 0.25) is 0 Å². The van der Waals surface area contributed by atoms with E-state index in [1.165, 1.54) is 38.5 Å². The maximum Gasteiger partial charge on any atom is -0.0300 e. The van der Waals surface area contributed by atoms with Crippen molar-refractivity contribution in [2.75, 3.05) is 0 Å². The van der Waals surface area contributed by atoms with Gasteiger partial charge < -0.3 is 0 Å². The minimum Gasteiger partial charge on any atom is -0.0654 e. The van der Waals surface area contributed by atoms with Crippen LogP contribution in [0.4, 0.5) is 0 Å². The van der Waals surface area contributed by atoms with Crippen LogP contribution in [-0.4, -0.2) is 0 Å². The second-order valence-electron chi connectivity index (χ2n) is 8.36. The maximum absolute atomic E-state index is 2.45. The van der Waals surface area contributed by atoms with Crippen molar-refractivity contribution in [3.8, 4) is 0 Å². The Balaban J connectivity index is 1.76. The first-order chi connectivity index (χ1) is 10.2. The number of rotatable bonds is 7. The van der Waals surface area contributed by atoms with Gasteiger partial charge in [0.25, 0.3) is 0 Å². The van der Waals surface area contributed by atoms with Crippen LogP contribution in [-0.2, 0) is 0 Å². The van der Waals surface area contributed by atoms with Gasteiger partial charge >= 0.3 is 0 Å². The molecule has 0 nitrogen and oxygen atoms in total. The molecule has 21 heavy (non-hydrogen) atoms. The molecular weight excluding hydrogens is 252 g/mol. The zero-order valence-electron chi connectivity index (χ0n) is 15.1. The smallest absolute Gasteiger partial charge is 0.0300 e. The van der Waals surface area contributed by atoms with Gasteiger partial charge in [0.1, 0.15) is 0 Å². The van der Waals surface area contributed by atoms with E-state index >= 15 is 0 Å². The van der Waals surface area contributed by atoms with Crippen LogP contribution in [0.1, 0.15) is 111 Å². The molecule has 0 bridgehead atoms. The summed E-state index contributed by atoms with van der Waals surface area (Å²) in [5.74, 6) is 3.27. The van der Waals surface area contributed by atoms with Gasteiger partial charge in [-0.05, 0) is 68.1 Å². The molecule has 0 unspecified atom stereocenters. The summed E-state index contributed by atoms with van der Waals surface area (Å²) in [6, 6.07) is 0. The maximum atomic E-state index is 2.45. The van der Waals surface area contributed by atoms with E-state index < -0.39 is 0 Å². The molecule has 0 N–H and O–H groups in total. The lowest BCUT2D eigenvalue weighted by molar-refractivity contribution is 0.0803. The van der Waals surface area contributed by atoms with Crippen molar-refractivity contribution in [3.63, 3.8) is 0 Å². The second-order valence-corrected chi connectivity index (χ2v) is 8.36. The third-order valence-corrected chi connectivity index (χ3v) is 7.16. The van der Waals surface area contributed by atoms with E-state index in [1.54, 1.807) is 51.4 Å². The van der Waals surface area contributed by atoms with Crippen LogP contribution in [0.15, 0.2) is 0 Å². The van der Waals surface area contributed by atoms with Crippen LogP contribution in [0.3, 0.4) is 0 Å². The van der Waals surface area contributed by atoms with Gasteiger partial charge in [-0.15, -0.1) is 0 Å². The predicted octanol–water partition coefficient (Wildman–Crippen LogP) is 7.37. The molecule has 124 valence electrons. The Morgan fingerprint density at radius 3 is 1.90 bits per heavy atom. The first kappa shape index (κ1) is 17.4. The van der Waals surface area contributed by atoms with E-state index in [1.807, 2.05) is 0 Å². The summed E-state index contributed by atoms with van der Waals surface area (Å²) in [5.41, 5.74) is 0.742. The zero-order chi connectivity index (χ0) is 15.1. The molecule has 0 saturated heterocycles. The van der Waals surface area contributed by atoms with Gasteiger partial charge in [0, 0.05) is 0 Å². The quantitative estimate of drug-likeness (QED) is 0.459. The van der Waals surface area contributed by atoms with E-state index in [0.717, 1.165) is 23.2 Å². The van der Waals surface area contributed by atoms with Crippen molar-refractivity contribution < 1.29 is 0 Å². The molecule has 0 aromatic carbocycles. The lowest BCUT2D eigenvalue weighted by Crippen LogP contribution is -2.31. The van der Waals surface area contributed by atoms with E-state index in [0.29, 0.717) is 0 Å². The SMILES string of the molecule is CCCC[C@]1(CC)CC[C@@H](C2CCC(CCC)CC2)CC1. The van der Waals surface area contributed by atoms with Crippen molar-refractivity contribution in [1.82, 2.24) is 0 Å². The second kappa shape index (κ2) is 8.59. The minimum atomic E-state index is 0.742. The van der Waals surface area contributed by atoms with Crippen molar-refractivity contribution >= 4 is 0 Å². The van der Waals surface area contributed by atoms with Crippen LogP contribution >= 0.6 is 0 Å². The number of hydrogen-bond donors (Lipinski definition) is 0. The Morgan fingerprint density at radius 1 is 0.762 bits per heavy atom. The molecule has 0 spiro atoms. The predicted molar refractivity (Wildman–Crippen MR) is 94.6 cm³/mol. The van der Waals surface area contributed by atoms with Crippen LogP contribution in [0.5, 0.6) is 0 Å². The highest BCUT2D eigenvalue weighted by molar-refractivity contribution is 4.88. The summed E-state index contributed by atoms with van der Waals surface area (Å²) >= 11 is 0. The molecule has 0 radical (unpaired) electrons. The molecule has 0 aromatic rings. The first-order valence-electron chi connectivity index (χ1n) is 10.2. The molecule has 2 saturated carbocycles. The summed E-state index contributed by atoms with van der Waals surface area (Å²) in [6.45, 7) is 7.16. The van der Waals surface area contributed by atoms with Gasteiger partial charge in [-0.25, -0.2) is 0 Å². The standard InChI is InChI=1S/C21H40/c1-4-7-15-21(6-3)16-13-20(14-17-21)19-11-9-18(8-5-2)10-12-19/h18-20H,4-17H2,1-3H3/t18?,19?,20-,21-. The van der Waals surface area contributed by atoms with Crippen molar-refractivity contribution in [2.24, 2.45) is 23.2 Å². The van der Waals surface area contributed by atoms with Gasteiger partial charge in [-0.1, -0.05) is 65.7 Å². The molecule has 0 aliphatic heterocycles. The molecule has 0 aromatic heterocycles. The lowest BCUT2D eigenvalue weighted by atomic mass is 9.62. The average Bonchev–Trinajstić information content (AvgIpc) is 2.55. The van der Waals surface area contributed by atoms with Gasteiger partial charge in [0.15, 0.2) is 0 Å². The van der Waals surface area contributed by atoms with Gasteiger partial charge in [-0.2, -0.15) is 0 Å². The normalized spacial score (nSPS) is 37.6. The molecular formula is C21H40. The molecule has 2 aliphatic carbocycles. The topological polar surface area (TPSA) is 0 Å². The summed E-state index contributed by atoms with van der Waals surface area (Å²) < 4.78 is 0. The lowest BCUT2D eigenvalue weighted by Gasteiger charge is -2.44. The Kier molecular flexibility index (Phi) is 7.10. The zero-order valence-corrected chi connectivity index (χ0v) is 15.1. The molecule has 2 aliphatic rings. The van der Waals surface area contributed by atoms with Gasteiger partial charge in [0.2, 0.25) is 0 Å². The van der Waals surface area contributed by atoms with Crippen LogP contribution in [0, 0.1) is 23.2 Å². The number of hydrogen-bond acceptors (Lipinski definition) is 0. The van der Waals surface area contributed by atoms with Crippen molar-refractivity contribution in [3.05, 3.63) is 0 Å². The molecule has 2 fully saturated rings. The van der Waals surface area contributed by atoms with E-state index in [2.05, 4.69) is 20.8 Å². The fraction of sp³-hybridized carbons (Fsp3) is 1.00. The third-order valence-electron chi connectivity index (χ3n) is 7.16. The Bertz CT molecular complexity index is 264. The summed E-state index contributed by atoms with van der Waals surface area (Å²) in [5, 5.41) is 0. The monoisotopic (exact) mass is 292 g/mol. The van der Waals surface area contributed by atoms with Crippen molar-refractivity contribution in [1.29, 1.82) is 0 Å². The van der Waals surface area contributed by atoms with E-state index in [-0.39, 0.29) is 0 Å². The summed E-state index contributed by atoms with van der Waals surface area (Å²) in [7, 11) is 0. The van der Waals surface area contributed by atoms with E-state index in [9.17, 15) is 0 Å². The highest BCUT2D eigenvalue weighted by Crippen LogP contribution is 2.49. The first-order valence-corrected chi connectivity index (χ1v) is 10.2. The average molecular weight is 293 g/mol. The summed E-state index contributed by atoms with van der Waals surface area (Å²) in [4.78, 5) is 0. The third kappa shape index (κ3) is 4.73. The molecule has 2 rings (SSSR count). The Labute approximate surface area is 134 Å². The Hall–Kier alpha value is 0. The fourth-order valence-electron chi connectivity index (χ4n) is 5.41. The Morgan fingerprint density at radius 2 is 1.38 bits per heavy atom. The number of unbranched alkanes of at least 4 members (excludes halogenated alkanes) is 1. The molecule has 0 heteroatoms. The highest BCUT2D eigenvalue weighted by atomic mass is 14.4. The fourth-order valence-corrected chi connectivity index (χ4v) is 5.41. The molecule has 0 heterocycles. The van der Waals surface area contributed by atoms with Crippen LogP contribution in [0.25, 0.3) is 0 Å². The minimum absolute atomic E-state index is 0.742. The van der Waals surface area contributed by atoms with Crippen molar-refractivity contribution in [2.45, 2.75) is 111 Å². The van der Waals surface area contributed by atoms with E-state index in [4.69, 9.17) is 0 Å². The summed E-state index contributed by atoms with van der Waals surface area (Å²) in [6.07, 6.45) is 21.1. The largest absolute Gasteiger partial charge is 0.0654 e. The van der Waals surface area contributed by atoms with Crippen LogP contribution < -0.4 is 0 Å². The van der Waals surface area contributed by atoms with Gasteiger partial charge in [-0.3, -0.25) is 0 Å². The molecule has 0 atom stereocenters. The molecule has 0 amide bonds. The highest BCUT2D eigenvalue weighted by Gasteiger charge is 2.36. The van der Waals surface area contributed by atoms with Gasteiger partial charge in [0.05, 0.1) is 0 Å².